The van der Waals surface area contributed by atoms with Crippen LogP contribution < -0.4 is 15.4 Å². The van der Waals surface area contributed by atoms with Gasteiger partial charge in [-0.1, -0.05) is 23.7 Å². The highest BCUT2D eigenvalue weighted by Gasteiger charge is 2.46. The number of halogens is 1. The molecule has 1 fully saturated rings. The Balaban J connectivity index is 1.38. The van der Waals surface area contributed by atoms with E-state index in [1.807, 2.05) is 36.4 Å². The zero-order chi connectivity index (χ0) is 27.5. The molecule has 202 valence electrons. The molecular weight excluding hydrogens is 524 g/mol. The Kier molecular flexibility index (Phi) is 7.92. The lowest BCUT2D eigenvalue weighted by Gasteiger charge is -2.42. The van der Waals surface area contributed by atoms with Crippen molar-refractivity contribution in [2.75, 3.05) is 11.9 Å². The van der Waals surface area contributed by atoms with Gasteiger partial charge in [-0.2, -0.15) is 0 Å². The van der Waals surface area contributed by atoms with Crippen LogP contribution in [0.15, 0.2) is 72.8 Å². The first kappa shape index (κ1) is 26.8. The van der Waals surface area contributed by atoms with Crippen LogP contribution in [-0.2, 0) is 9.53 Å². The third-order valence-corrected chi connectivity index (χ3v) is 6.58. The predicted molar refractivity (Wildman–Crippen MR) is 146 cm³/mol. The summed E-state index contributed by atoms with van der Waals surface area (Å²) in [6, 6.07) is 20.9. The standard InChI is InChI=1S/C28H27ClN4O6/c1-15(35)30-23-25(37)24(36)22(14-34)39-28(23)38-19-12-10-18(11-13-19)31-27-20-4-2-3-5-21(20)32-26(33-27)16-6-8-17(29)9-7-16/h2-13,22-25,28,34,36-37H,14H2,1H3,(H,30,35)(H,31,32,33)/t22-,23-,24+,25+,28+/m1/s1. The number of para-hydroxylation sites is 1. The first-order valence-electron chi connectivity index (χ1n) is 12.3. The van der Waals surface area contributed by atoms with Crippen LogP contribution in [0.3, 0.4) is 0 Å². The van der Waals surface area contributed by atoms with Crippen LogP contribution in [0, 0.1) is 0 Å². The summed E-state index contributed by atoms with van der Waals surface area (Å²) in [5.41, 5.74) is 2.32. The number of aromatic nitrogens is 2. The van der Waals surface area contributed by atoms with Crippen LogP contribution in [0.25, 0.3) is 22.3 Å². The van der Waals surface area contributed by atoms with Crippen molar-refractivity contribution in [2.45, 2.75) is 37.6 Å². The van der Waals surface area contributed by atoms with Crippen LogP contribution in [0.2, 0.25) is 5.02 Å². The number of aliphatic hydroxyl groups is 3. The van der Waals surface area contributed by atoms with Crippen LogP contribution in [-0.4, -0.2) is 68.4 Å². The number of anilines is 2. The van der Waals surface area contributed by atoms with Gasteiger partial charge in [0.2, 0.25) is 12.2 Å². The van der Waals surface area contributed by atoms with Crippen molar-refractivity contribution in [3.8, 4) is 17.1 Å². The smallest absolute Gasteiger partial charge is 0.223 e. The van der Waals surface area contributed by atoms with E-state index in [1.54, 1.807) is 36.4 Å². The number of rotatable bonds is 7. The van der Waals surface area contributed by atoms with Crippen molar-refractivity contribution in [1.82, 2.24) is 15.3 Å². The van der Waals surface area contributed by atoms with E-state index in [4.69, 9.17) is 31.0 Å². The van der Waals surface area contributed by atoms with Crippen LogP contribution >= 0.6 is 11.6 Å². The van der Waals surface area contributed by atoms with Crippen LogP contribution in [0.4, 0.5) is 11.5 Å². The first-order chi connectivity index (χ1) is 18.8. The largest absolute Gasteiger partial charge is 0.463 e. The third-order valence-electron chi connectivity index (χ3n) is 6.33. The van der Waals surface area contributed by atoms with Gasteiger partial charge in [0.1, 0.15) is 35.9 Å². The fourth-order valence-corrected chi connectivity index (χ4v) is 4.48. The van der Waals surface area contributed by atoms with E-state index in [9.17, 15) is 20.1 Å². The number of ether oxygens (including phenoxy) is 2. The molecule has 11 heteroatoms. The zero-order valence-electron chi connectivity index (χ0n) is 20.9. The van der Waals surface area contributed by atoms with Crippen molar-refractivity contribution in [3.63, 3.8) is 0 Å². The molecule has 5 N–H and O–H groups in total. The summed E-state index contributed by atoms with van der Waals surface area (Å²) in [6.07, 6.45) is -5.00. The second-order valence-corrected chi connectivity index (χ2v) is 9.56. The minimum Gasteiger partial charge on any atom is -0.463 e. The number of carbonyl (C=O) groups excluding carboxylic acids is 1. The summed E-state index contributed by atoms with van der Waals surface area (Å²) in [5, 5.41) is 37.5. The van der Waals surface area contributed by atoms with Crippen molar-refractivity contribution in [1.29, 1.82) is 0 Å². The highest BCUT2D eigenvalue weighted by atomic mass is 35.5. The summed E-state index contributed by atoms with van der Waals surface area (Å²) >= 11 is 6.04. The number of nitrogens with zero attached hydrogens (tertiary/aromatic N) is 2. The number of amides is 1. The van der Waals surface area contributed by atoms with E-state index in [2.05, 4.69) is 10.6 Å². The number of nitrogens with one attached hydrogen (secondary N) is 2. The normalized spacial score (nSPS) is 22.8. The van der Waals surface area contributed by atoms with E-state index in [-0.39, 0.29) is 0 Å². The molecule has 0 spiro atoms. The van der Waals surface area contributed by atoms with E-state index >= 15 is 0 Å². The Morgan fingerprint density at radius 1 is 1.00 bits per heavy atom. The van der Waals surface area contributed by atoms with E-state index < -0.39 is 43.2 Å². The van der Waals surface area contributed by atoms with Crippen molar-refractivity contribution >= 4 is 39.9 Å². The number of hydrogen-bond acceptors (Lipinski definition) is 9. The average molecular weight is 551 g/mol. The zero-order valence-corrected chi connectivity index (χ0v) is 21.6. The Morgan fingerprint density at radius 3 is 2.41 bits per heavy atom. The van der Waals surface area contributed by atoms with Crippen LogP contribution in [0.1, 0.15) is 6.92 Å². The van der Waals surface area contributed by atoms with Gasteiger partial charge >= 0.3 is 0 Å². The van der Waals surface area contributed by atoms with Gasteiger partial charge in [0.25, 0.3) is 0 Å². The molecule has 1 aromatic heterocycles. The molecular formula is C28H27ClN4O6. The molecule has 0 radical (unpaired) electrons. The first-order valence-corrected chi connectivity index (χ1v) is 12.7. The average Bonchev–Trinajstić information content (AvgIpc) is 2.94. The van der Waals surface area contributed by atoms with Gasteiger partial charge in [-0.25, -0.2) is 9.97 Å². The molecule has 1 aliphatic rings. The topological polar surface area (TPSA) is 146 Å². The Morgan fingerprint density at radius 2 is 1.72 bits per heavy atom. The highest BCUT2D eigenvalue weighted by molar-refractivity contribution is 6.30. The van der Waals surface area contributed by atoms with Gasteiger partial charge in [-0.15, -0.1) is 0 Å². The van der Waals surface area contributed by atoms with Crippen LogP contribution in [0.5, 0.6) is 5.75 Å². The van der Waals surface area contributed by atoms with Gasteiger partial charge in [-0.3, -0.25) is 4.79 Å². The predicted octanol–water partition coefficient (Wildman–Crippen LogP) is 3.02. The molecule has 1 saturated heterocycles. The Bertz CT molecular complexity index is 1450. The number of hydrogen-bond donors (Lipinski definition) is 5. The molecule has 5 rings (SSSR count). The maximum Gasteiger partial charge on any atom is 0.223 e. The van der Waals surface area contributed by atoms with Gasteiger partial charge < -0.3 is 35.4 Å². The summed E-state index contributed by atoms with van der Waals surface area (Å²) in [7, 11) is 0. The molecule has 0 aliphatic carbocycles. The van der Waals surface area contributed by atoms with Gasteiger partial charge in [0, 0.05) is 28.6 Å². The molecule has 10 nitrogen and oxygen atoms in total. The van der Waals surface area contributed by atoms with Crippen molar-refractivity contribution in [2.24, 2.45) is 0 Å². The minimum atomic E-state index is -1.40. The second kappa shape index (κ2) is 11.5. The SMILES string of the molecule is CC(=O)N[C@H]1[C@@H](Oc2ccc(Nc3nc(-c4ccc(Cl)cc4)nc4ccccc34)cc2)O[C@H](CO)[C@H](O)[C@H]1O. The molecule has 3 aromatic carbocycles. The summed E-state index contributed by atoms with van der Waals surface area (Å²) in [6.45, 7) is 0.753. The van der Waals surface area contributed by atoms with E-state index in [1.165, 1.54) is 6.92 Å². The molecule has 5 atom stereocenters. The number of benzene rings is 3. The number of aliphatic hydroxyl groups excluding tert-OH is 3. The van der Waals surface area contributed by atoms with E-state index in [0.29, 0.717) is 22.4 Å². The molecule has 0 bridgehead atoms. The molecule has 0 unspecified atom stereocenters. The number of fused-ring (bicyclic) bond motifs is 1. The lowest BCUT2D eigenvalue weighted by molar-refractivity contribution is -0.244. The Labute approximate surface area is 229 Å². The van der Waals surface area contributed by atoms with Gasteiger partial charge in [0.05, 0.1) is 12.1 Å². The maximum atomic E-state index is 11.7. The number of carbonyl (C=O) groups is 1. The van der Waals surface area contributed by atoms with Gasteiger partial charge in [-0.05, 0) is 60.7 Å². The quantitative estimate of drug-likeness (QED) is 0.234. The van der Waals surface area contributed by atoms with E-state index in [0.717, 1.165) is 22.2 Å². The molecule has 1 amide bonds. The molecule has 1 aliphatic heterocycles. The maximum absolute atomic E-state index is 11.7. The van der Waals surface area contributed by atoms with Crippen molar-refractivity contribution < 1.29 is 29.6 Å². The summed E-state index contributed by atoms with van der Waals surface area (Å²) in [5.74, 6) is 1.12. The Hall–Kier alpha value is -3.80. The summed E-state index contributed by atoms with van der Waals surface area (Å²) < 4.78 is 11.5. The highest BCUT2D eigenvalue weighted by Crippen LogP contribution is 2.30. The lowest BCUT2D eigenvalue weighted by atomic mass is 9.97. The fraction of sp³-hybridized carbons (Fsp3) is 0.250. The molecule has 39 heavy (non-hydrogen) atoms. The monoisotopic (exact) mass is 550 g/mol. The molecule has 4 aromatic rings. The fourth-order valence-electron chi connectivity index (χ4n) is 4.36. The minimum absolute atomic E-state index is 0.385. The second-order valence-electron chi connectivity index (χ2n) is 9.12. The lowest BCUT2D eigenvalue weighted by Crippen LogP contribution is -2.65. The third kappa shape index (κ3) is 5.95. The van der Waals surface area contributed by atoms with Gasteiger partial charge in [0.15, 0.2) is 5.82 Å². The van der Waals surface area contributed by atoms with Crippen molar-refractivity contribution in [3.05, 3.63) is 77.8 Å². The molecule has 2 heterocycles. The molecule has 0 saturated carbocycles. The summed E-state index contributed by atoms with van der Waals surface area (Å²) in [4.78, 5) is 21.1.